The molecule has 0 radical (unpaired) electrons. The molecule has 5 heterocycles. The van der Waals surface area contributed by atoms with Crippen LogP contribution in [0.25, 0.3) is 0 Å². The fourth-order valence-corrected chi connectivity index (χ4v) is 7.69. The lowest BCUT2D eigenvalue weighted by Crippen LogP contribution is -2.47. The Morgan fingerprint density at radius 3 is 2.60 bits per heavy atom. The zero-order chi connectivity index (χ0) is 30.1. The maximum Gasteiger partial charge on any atom is 0.265 e. The van der Waals surface area contributed by atoms with Gasteiger partial charge in [0, 0.05) is 69.1 Å². The number of nitrogens with one attached hydrogen (secondary N) is 1. The Balaban J connectivity index is 1.28. The summed E-state index contributed by atoms with van der Waals surface area (Å²) in [6, 6.07) is 14.7. The molecule has 3 aromatic rings. The predicted octanol–water partition coefficient (Wildman–Crippen LogP) is 4.51. The number of rotatable bonds is 7. The van der Waals surface area contributed by atoms with Crippen LogP contribution < -0.4 is 15.8 Å². The third-order valence-corrected chi connectivity index (χ3v) is 10.1. The molecule has 2 bridgehead atoms. The SMILES string of the molecule is CCN(CC)C(=O)[C@H]1CCCN(C(=O)c2ccc(N3C[C@H]4C[C@@H](C3)c3cccc(=O)n3C4)c(NC(=O)c3cccs3)c2)C1. The van der Waals surface area contributed by atoms with Crippen molar-refractivity contribution in [1.29, 1.82) is 0 Å². The smallest absolute Gasteiger partial charge is 0.265 e. The molecule has 3 amide bonds. The van der Waals surface area contributed by atoms with Crippen molar-refractivity contribution in [3.05, 3.63) is 80.4 Å². The molecular formula is C33H39N5O4S. The monoisotopic (exact) mass is 601 g/mol. The molecule has 2 saturated heterocycles. The lowest BCUT2D eigenvalue weighted by atomic mass is 9.83. The maximum atomic E-state index is 13.8. The number of carbonyl (C=O) groups is 3. The molecule has 0 aliphatic carbocycles. The van der Waals surface area contributed by atoms with Crippen LogP contribution in [0.1, 0.15) is 64.8 Å². The average molecular weight is 602 g/mol. The first-order valence-corrected chi connectivity index (χ1v) is 16.3. The highest BCUT2D eigenvalue weighted by Gasteiger charge is 2.36. The van der Waals surface area contributed by atoms with Crippen LogP contribution in [-0.2, 0) is 11.3 Å². The highest BCUT2D eigenvalue weighted by Crippen LogP contribution is 2.39. The molecule has 2 aromatic heterocycles. The molecule has 0 saturated carbocycles. The number of nitrogens with zero attached hydrogens (tertiary/aromatic N) is 4. The van der Waals surface area contributed by atoms with Gasteiger partial charge in [0.25, 0.3) is 17.4 Å². The van der Waals surface area contributed by atoms with E-state index in [4.69, 9.17) is 0 Å². The number of hydrogen-bond acceptors (Lipinski definition) is 6. The molecule has 9 nitrogen and oxygen atoms in total. The fraction of sp³-hybridized carbons (Fsp3) is 0.455. The van der Waals surface area contributed by atoms with E-state index in [0.717, 1.165) is 43.7 Å². The van der Waals surface area contributed by atoms with Crippen LogP contribution in [0.5, 0.6) is 0 Å². The van der Waals surface area contributed by atoms with Crippen molar-refractivity contribution in [1.82, 2.24) is 14.4 Å². The van der Waals surface area contributed by atoms with Crippen molar-refractivity contribution in [3.8, 4) is 0 Å². The lowest BCUT2D eigenvalue weighted by molar-refractivity contribution is -0.136. The number of hydrogen-bond donors (Lipinski definition) is 1. The van der Waals surface area contributed by atoms with E-state index in [1.165, 1.54) is 11.3 Å². The van der Waals surface area contributed by atoms with Gasteiger partial charge >= 0.3 is 0 Å². The number of aromatic nitrogens is 1. The number of anilines is 2. The second-order valence-corrected chi connectivity index (χ2v) is 12.8. The number of thiophene rings is 1. The number of fused-ring (bicyclic) bond motifs is 4. The highest BCUT2D eigenvalue weighted by molar-refractivity contribution is 7.12. The third kappa shape index (κ3) is 5.85. The molecule has 1 N–H and O–H groups in total. The van der Waals surface area contributed by atoms with Gasteiger partial charge in [0.1, 0.15) is 0 Å². The number of benzene rings is 1. The van der Waals surface area contributed by atoms with Crippen molar-refractivity contribution in [2.45, 2.75) is 45.6 Å². The molecule has 6 rings (SSSR count). The number of pyridine rings is 1. The van der Waals surface area contributed by atoms with Crippen molar-refractivity contribution >= 4 is 40.4 Å². The van der Waals surface area contributed by atoms with Crippen LogP contribution in [0.4, 0.5) is 11.4 Å². The quantitative estimate of drug-likeness (QED) is 0.430. The molecule has 0 spiro atoms. The summed E-state index contributed by atoms with van der Waals surface area (Å²) in [6.07, 6.45) is 2.59. The predicted molar refractivity (Wildman–Crippen MR) is 169 cm³/mol. The molecule has 3 aliphatic heterocycles. The summed E-state index contributed by atoms with van der Waals surface area (Å²) in [7, 11) is 0. The molecule has 3 aliphatic rings. The number of amides is 3. The summed E-state index contributed by atoms with van der Waals surface area (Å²) in [6.45, 7) is 8.45. The van der Waals surface area contributed by atoms with E-state index in [1.54, 1.807) is 23.1 Å². The zero-order valence-corrected chi connectivity index (χ0v) is 25.6. The average Bonchev–Trinajstić information content (AvgIpc) is 3.57. The molecule has 2 fully saturated rings. The Morgan fingerprint density at radius 2 is 1.84 bits per heavy atom. The fourth-order valence-electron chi connectivity index (χ4n) is 7.07. The Hall–Kier alpha value is -3.92. The van der Waals surface area contributed by atoms with Crippen molar-refractivity contribution in [3.63, 3.8) is 0 Å². The minimum absolute atomic E-state index is 0.0474. The Labute approximate surface area is 256 Å². The van der Waals surface area contributed by atoms with Crippen molar-refractivity contribution in [2.24, 2.45) is 11.8 Å². The Bertz CT molecular complexity index is 1560. The van der Waals surface area contributed by atoms with Crippen LogP contribution in [0.3, 0.4) is 0 Å². The van der Waals surface area contributed by atoms with E-state index in [1.807, 2.05) is 59.0 Å². The van der Waals surface area contributed by atoms with Gasteiger partial charge in [0.2, 0.25) is 5.91 Å². The van der Waals surface area contributed by atoms with Crippen LogP contribution in [-0.4, -0.2) is 71.4 Å². The van der Waals surface area contributed by atoms with Gasteiger partial charge in [-0.05, 0) is 74.7 Å². The normalized spacial score (nSPS) is 21.2. The van der Waals surface area contributed by atoms with Gasteiger partial charge in [-0.3, -0.25) is 19.2 Å². The summed E-state index contributed by atoms with van der Waals surface area (Å²) in [5.41, 5.74) is 3.07. The van der Waals surface area contributed by atoms with Gasteiger partial charge in [-0.2, -0.15) is 0 Å². The van der Waals surface area contributed by atoms with E-state index in [9.17, 15) is 19.2 Å². The van der Waals surface area contributed by atoms with Gasteiger partial charge in [-0.1, -0.05) is 12.1 Å². The van der Waals surface area contributed by atoms with Crippen LogP contribution >= 0.6 is 11.3 Å². The van der Waals surface area contributed by atoms with Gasteiger partial charge in [-0.25, -0.2) is 0 Å². The van der Waals surface area contributed by atoms with E-state index in [0.29, 0.717) is 54.8 Å². The van der Waals surface area contributed by atoms with Crippen molar-refractivity contribution in [2.75, 3.05) is 49.5 Å². The topological polar surface area (TPSA) is 95.0 Å². The number of carbonyl (C=O) groups excluding carboxylic acids is 3. The lowest BCUT2D eigenvalue weighted by Gasteiger charge is -2.44. The Kier molecular flexibility index (Phi) is 8.38. The van der Waals surface area contributed by atoms with Crippen molar-refractivity contribution < 1.29 is 14.4 Å². The second kappa shape index (κ2) is 12.4. The van der Waals surface area contributed by atoms with Gasteiger partial charge in [0.15, 0.2) is 0 Å². The molecule has 226 valence electrons. The Morgan fingerprint density at radius 1 is 1.00 bits per heavy atom. The summed E-state index contributed by atoms with van der Waals surface area (Å²) < 4.78 is 1.91. The minimum Gasteiger partial charge on any atom is -0.369 e. The molecule has 0 unspecified atom stereocenters. The summed E-state index contributed by atoms with van der Waals surface area (Å²) in [4.78, 5) is 59.2. The van der Waals surface area contributed by atoms with Crippen LogP contribution in [0, 0.1) is 11.8 Å². The van der Waals surface area contributed by atoms with Gasteiger partial charge in [-0.15, -0.1) is 11.3 Å². The van der Waals surface area contributed by atoms with E-state index < -0.39 is 0 Å². The number of likely N-dealkylation sites (tertiary alicyclic amines) is 1. The van der Waals surface area contributed by atoms with E-state index in [2.05, 4.69) is 10.2 Å². The highest BCUT2D eigenvalue weighted by atomic mass is 32.1. The first kappa shape index (κ1) is 29.2. The second-order valence-electron chi connectivity index (χ2n) is 11.9. The summed E-state index contributed by atoms with van der Waals surface area (Å²) >= 11 is 1.37. The zero-order valence-electron chi connectivity index (χ0n) is 24.8. The largest absolute Gasteiger partial charge is 0.369 e. The number of piperidine rings is 2. The molecule has 10 heteroatoms. The van der Waals surface area contributed by atoms with Gasteiger partial charge in [0.05, 0.1) is 22.2 Å². The first-order valence-electron chi connectivity index (χ1n) is 15.4. The standard InChI is InChI=1S/C33H39N5O4S/c1-3-35(4-2)33(42)24-8-6-14-36(20-24)32(41)23-12-13-28(26(17-23)34-31(40)29-10-7-15-43-29)37-18-22-16-25(21-37)27-9-5-11-30(39)38(27)19-22/h5,7,9-13,15,17,22,24-25H,3-4,6,8,14,16,18-21H2,1-2H3,(H,34,40)/t22-,24+,25+/m1/s1. The summed E-state index contributed by atoms with van der Waals surface area (Å²) in [5, 5.41) is 4.97. The minimum atomic E-state index is -0.210. The molecule has 43 heavy (non-hydrogen) atoms. The first-order chi connectivity index (χ1) is 20.9. The summed E-state index contributed by atoms with van der Waals surface area (Å²) in [5.74, 6) is 0.0930. The van der Waals surface area contributed by atoms with Crippen LogP contribution in [0.2, 0.25) is 0 Å². The molecule has 1 aromatic carbocycles. The van der Waals surface area contributed by atoms with E-state index >= 15 is 0 Å². The van der Waals surface area contributed by atoms with Crippen LogP contribution in [0.15, 0.2) is 58.7 Å². The van der Waals surface area contributed by atoms with Gasteiger partial charge < -0.3 is 24.6 Å². The molecular weight excluding hydrogens is 562 g/mol. The molecule has 3 atom stereocenters. The van der Waals surface area contributed by atoms with E-state index in [-0.39, 0.29) is 35.1 Å². The maximum absolute atomic E-state index is 13.8. The third-order valence-electron chi connectivity index (χ3n) is 9.19.